The van der Waals surface area contributed by atoms with Gasteiger partial charge in [-0.05, 0) is 48.5 Å². The van der Waals surface area contributed by atoms with Gasteiger partial charge in [-0.25, -0.2) is 0 Å². The first-order chi connectivity index (χ1) is 19.0. The minimum Gasteiger partial charge on any atom is -0.456 e. The highest BCUT2D eigenvalue weighted by Gasteiger charge is 2.24. The third-order valence-corrected chi connectivity index (χ3v) is 7.36. The predicted molar refractivity (Wildman–Crippen MR) is 149 cm³/mol. The molecule has 0 aliphatic heterocycles. The molecule has 8 rings (SSSR count). The van der Waals surface area contributed by atoms with Crippen LogP contribution in [-0.4, -0.2) is 14.4 Å². The van der Waals surface area contributed by atoms with Gasteiger partial charge in [0.05, 0.1) is 20.9 Å². The lowest BCUT2D eigenvalue weighted by atomic mass is 10.0. The third kappa shape index (κ3) is 2.83. The van der Waals surface area contributed by atoms with E-state index in [9.17, 15) is 20.2 Å². The highest BCUT2D eigenvalue weighted by Crippen LogP contribution is 2.46. The quantitative estimate of drug-likeness (QED) is 0.173. The fourth-order valence-corrected chi connectivity index (χ4v) is 5.78. The van der Waals surface area contributed by atoms with Crippen LogP contribution in [0.25, 0.3) is 71.4 Å². The van der Waals surface area contributed by atoms with E-state index in [0.717, 1.165) is 38.3 Å². The zero-order chi connectivity index (χ0) is 26.4. The number of nitrogens with zero attached hydrogens (tertiary/aromatic N) is 3. The minimum atomic E-state index is -0.424. The van der Waals surface area contributed by atoms with E-state index in [2.05, 4.69) is 4.57 Å². The Labute approximate surface area is 217 Å². The molecule has 9 heteroatoms. The van der Waals surface area contributed by atoms with Crippen molar-refractivity contribution in [2.75, 3.05) is 0 Å². The molecule has 0 aliphatic carbocycles. The van der Waals surface area contributed by atoms with Crippen LogP contribution in [0.3, 0.4) is 0 Å². The molecule has 39 heavy (non-hydrogen) atoms. The van der Waals surface area contributed by atoms with E-state index in [4.69, 9.17) is 8.83 Å². The van der Waals surface area contributed by atoms with Crippen molar-refractivity contribution in [2.45, 2.75) is 0 Å². The molecule has 5 aromatic carbocycles. The summed E-state index contributed by atoms with van der Waals surface area (Å²) in [5, 5.41) is 27.6. The lowest BCUT2D eigenvalue weighted by Gasteiger charge is -2.07. The molecule has 0 atom stereocenters. The van der Waals surface area contributed by atoms with Crippen LogP contribution in [-0.2, 0) is 0 Å². The van der Waals surface area contributed by atoms with E-state index in [0.29, 0.717) is 33.1 Å². The van der Waals surface area contributed by atoms with Crippen LogP contribution in [0.15, 0.2) is 99.8 Å². The number of para-hydroxylation sites is 1. The molecule has 0 bridgehead atoms. The van der Waals surface area contributed by atoms with E-state index in [1.807, 2.05) is 54.6 Å². The summed E-state index contributed by atoms with van der Waals surface area (Å²) in [4.78, 5) is 22.4. The van der Waals surface area contributed by atoms with Gasteiger partial charge in [0.1, 0.15) is 22.3 Å². The van der Waals surface area contributed by atoms with Crippen LogP contribution < -0.4 is 0 Å². The Bertz CT molecular complexity index is 2200. The van der Waals surface area contributed by atoms with Gasteiger partial charge in [0.25, 0.3) is 11.4 Å². The molecule has 8 aromatic rings. The Balaban J connectivity index is 1.68. The number of furan rings is 2. The Kier molecular flexibility index (Phi) is 4.07. The molecule has 0 radical (unpaired) electrons. The van der Waals surface area contributed by atoms with Crippen molar-refractivity contribution in [3.8, 4) is 5.69 Å². The van der Waals surface area contributed by atoms with Gasteiger partial charge in [-0.3, -0.25) is 20.2 Å². The first kappa shape index (κ1) is 21.4. The second kappa shape index (κ2) is 7.42. The van der Waals surface area contributed by atoms with Crippen molar-refractivity contribution in [3.63, 3.8) is 0 Å². The first-order valence-corrected chi connectivity index (χ1v) is 12.1. The van der Waals surface area contributed by atoms with Crippen molar-refractivity contribution in [1.82, 2.24) is 4.57 Å². The summed E-state index contributed by atoms with van der Waals surface area (Å²) in [6, 6.07) is 26.7. The van der Waals surface area contributed by atoms with Crippen LogP contribution in [0.2, 0.25) is 0 Å². The summed E-state index contributed by atoms with van der Waals surface area (Å²) < 4.78 is 14.4. The molecule has 0 unspecified atom stereocenters. The van der Waals surface area contributed by atoms with E-state index in [1.54, 1.807) is 12.1 Å². The molecule has 0 aliphatic rings. The summed E-state index contributed by atoms with van der Waals surface area (Å²) in [7, 11) is 0. The van der Waals surface area contributed by atoms with Gasteiger partial charge in [-0.1, -0.05) is 18.2 Å². The number of nitro benzene ring substituents is 2. The molecule has 0 saturated carbocycles. The van der Waals surface area contributed by atoms with Crippen LogP contribution in [0.4, 0.5) is 11.4 Å². The molecular weight excluding hydrogens is 498 g/mol. The van der Waals surface area contributed by atoms with Crippen LogP contribution >= 0.6 is 0 Å². The van der Waals surface area contributed by atoms with Gasteiger partial charge in [-0.2, -0.15) is 0 Å². The van der Waals surface area contributed by atoms with Gasteiger partial charge >= 0.3 is 0 Å². The number of nitro groups is 2. The maximum atomic E-state index is 11.6. The van der Waals surface area contributed by atoms with Crippen molar-refractivity contribution < 1.29 is 18.7 Å². The number of hydrogen-bond donors (Lipinski definition) is 0. The van der Waals surface area contributed by atoms with Gasteiger partial charge in [-0.15, -0.1) is 0 Å². The molecule has 0 saturated heterocycles. The van der Waals surface area contributed by atoms with Crippen LogP contribution in [0, 0.1) is 20.2 Å². The number of aromatic nitrogens is 1. The molecule has 0 fully saturated rings. The van der Waals surface area contributed by atoms with Gasteiger partial charge in [0.2, 0.25) is 0 Å². The van der Waals surface area contributed by atoms with Crippen molar-refractivity contribution >= 4 is 77.1 Å². The third-order valence-electron chi connectivity index (χ3n) is 7.36. The number of benzene rings is 5. The van der Waals surface area contributed by atoms with E-state index >= 15 is 0 Å². The lowest BCUT2D eigenvalue weighted by molar-refractivity contribution is -0.384. The molecule has 0 amide bonds. The largest absolute Gasteiger partial charge is 0.456 e. The molecule has 3 heterocycles. The summed E-state index contributed by atoms with van der Waals surface area (Å²) in [6.07, 6.45) is 0. The molecule has 3 aromatic heterocycles. The summed E-state index contributed by atoms with van der Waals surface area (Å²) in [5.74, 6) is 0. The van der Waals surface area contributed by atoms with Crippen LogP contribution in [0.1, 0.15) is 0 Å². The minimum absolute atomic E-state index is 0.0384. The van der Waals surface area contributed by atoms with E-state index in [-0.39, 0.29) is 11.4 Å². The van der Waals surface area contributed by atoms with Gasteiger partial charge < -0.3 is 13.4 Å². The lowest BCUT2D eigenvalue weighted by Crippen LogP contribution is -1.92. The average Bonchev–Trinajstić information content (AvgIpc) is 3.61. The number of hydrogen-bond acceptors (Lipinski definition) is 6. The Hall–Kier alpha value is -5.70. The fourth-order valence-electron chi connectivity index (χ4n) is 5.78. The summed E-state index contributed by atoms with van der Waals surface area (Å²) in [5.41, 5.74) is 4.81. The Morgan fingerprint density at radius 2 is 1.00 bits per heavy atom. The molecular formula is C30H15N3O6. The normalized spacial score (nSPS) is 12.0. The number of non-ortho nitro benzene ring substituents is 2. The van der Waals surface area contributed by atoms with E-state index in [1.165, 1.54) is 24.3 Å². The topological polar surface area (TPSA) is 117 Å². The molecule has 0 spiro atoms. The van der Waals surface area contributed by atoms with Crippen molar-refractivity contribution in [2.24, 2.45) is 0 Å². The number of rotatable bonds is 3. The standard InChI is InChI=1S/C30H15N3O6/c34-32(35)17-6-10-23-19(14-17)27-25(38-23)12-8-21-29(27)30-22(31(21)16-4-2-1-3-5-16)9-13-26-28(30)20-15-18(33(36)37)7-11-24(20)39-26/h1-15H. The Morgan fingerprint density at radius 1 is 0.538 bits per heavy atom. The average molecular weight is 513 g/mol. The number of fused-ring (bicyclic) bond motifs is 11. The monoisotopic (exact) mass is 513 g/mol. The first-order valence-electron chi connectivity index (χ1n) is 12.1. The van der Waals surface area contributed by atoms with Gasteiger partial charge in [0, 0.05) is 62.3 Å². The molecule has 0 N–H and O–H groups in total. The fraction of sp³-hybridized carbons (Fsp3) is 0. The zero-order valence-corrected chi connectivity index (χ0v) is 20.0. The maximum absolute atomic E-state index is 11.6. The molecule has 9 nitrogen and oxygen atoms in total. The highest BCUT2D eigenvalue weighted by molar-refractivity contribution is 6.35. The van der Waals surface area contributed by atoms with Gasteiger partial charge in [0.15, 0.2) is 0 Å². The van der Waals surface area contributed by atoms with Crippen molar-refractivity contribution in [3.05, 3.63) is 111 Å². The van der Waals surface area contributed by atoms with Crippen LogP contribution in [0.5, 0.6) is 0 Å². The summed E-state index contributed by atoms with van der Waals surface area (Å²) >= 11 is 0. The maximum Gasteiger partial charge on any atom is 0.270 e. The predicted octanol–water partition coefficient (Wildman–Crippen LogP) is 8.40. The smallest absolute Gasteiger partial charge is 0.270 e. The second-order valence-electron chi connectivity index (χ2n) is 9.42. The highest BCUT2D eigenvalue weighted by atomic mass is 16.6. The molecule has 186 valence electrons. The summed E-state index contributed by atoms with van der Waals surface area (Å²) in [6.45, 7) is 0. The Morgan fingerprint density at radius 3 is 1.46 bits per heavy atom. The zero-order valence-electron chi connectivity index (χ0n) is 20.0. The SMILES string of the molecule is O=[N+]([O-])c1ccc2oc3ccc4c(c3c2c1)c1c2c(ccc1n4-c1ccccc1)oc1ccc([N+](=O)[O-])cc12. The van der Waals surface area contributed by atoms with E-state index < -0.39 is 9.85 Å². The second-order valence-corrected chi connectivity index (χ2v) is 9.42. The van der Waals surface area contributed by atoms with Crippen molar-refractivity contribution in [1.29, 1.82) is 0 Å².